The number of ketones is 1. The third kappa shape index (κ3) is 3.69. The van der Waals surface area contributed by atoms with Gasteiger partial charge in [-0.25, -0.2) is 0 Å². The van der Waals surface area contributed by atoms with Crippen LogP contribution >= 0.6 is 0 Å². The highest BCUT2D eigenvalue weighted by atomic mass is 19.3. The summed E-state index contributed by atoms with van der Waals surface area (Å²) in [5, 5.41) is 9.27. The monoisotopic (exact) mass is 331 g/mol. The first-order valence-electron chi connectivity index (χ1n) is 7.10. The molecule has 0 spiro atoms. The zero-order chi connectivity index (χ0) is 17.9. The van der Waals surface area contributed by atoms with Crippen molar-refractivity contribution < 1.29 is 22.7 Å². The molecule has 124 valence electrons. The Morgan fingerprint density at radius 1 is 1.29 bits per heavy atom. The molecule has 0 N–H and O–H groups in total. The van der Waals surface area contributed by atoms with E-state index in [-0.39, 0.29) is 11.3 Å². The number of aryl methyl sites for hydroxylation is 3. The maximum atomic E-state index is 12.4. The highest BCUT2D eigenvalue weighted by Crippen LogP contribution is 2.28. The van der Waals surface area contributed by atoms with Crippen molar-refractivity contribution in [1.82, 2.24) is 0 Å². The van der Waals surface area contributed by atoms with Crippen LogP contribution in [0.5, 0.6) is 5.75 Å². The van der Waals surface area contributed by atoms with Gasteiger partial charge in [-0.2, -0.15) is 14.0 Å². The van der Waals surface area contributed by atoms with Crippen LogP contribution in [0.1, 0.15) is 32.8 Å². The summed E-state index contributed by atoms with van der Waals surface area (Å²) in [6, 6.07) is 6.53. The van der Waals surface area contributed by atoms with Crippen LogP contribution in [0.2, 0.25) is 0 Å². The minimum atomic E-state index is -2.91. The second-order valence-electron chi connectivity index (χ2n) is 5.25. The van der Waals surface area contributed by atoms with Gasteiger partial charge in [0.2, 0.25) is 5.78 Å². The first-order valence-corrected chi connectivity index (χ1v) is 7.10. The Bertz CT molecular complexity index is 821. The van der Waals surface area contributed by atoms with E-state index in [2.05, 4.69) is 4.74 Å². The SMILES string of the molecule is Cc1cc(/C=C(\C#N)C(=O)c2ccoc2C)cc(C)c1OC(F)F. The number of halogens is 2. The third-order valence-corrected chi connectivity index (χ3v) is 3.47. The van der Waals surface area contributed by atoms with E-state index in [1.165, 1.54) is 18.4 Å². The Morgan fingerprint density at radius 3 is 2.38 bits per heavy atom. The molecule has 0 atom stereocenters. The molecule has 0 aliphatic rings. The molecule has 1 heterocycles. The number of ether oxygens (including phenoxy) is 1. The van der Waals surface area contributed by atoms with Gasteiger partial charge in [0.05, 0.1) is 11.8 Å². The normalized spacial score (nSPS) is 11.5. The van der Waals surface area contributed by atoms with Gasteiger partial charge in [-0.1, -0.05) is 0 Å². The summed E-state index contributed by atoms with van der Waals surface area (Å²) in [5.41, 5.74) is 1.78. The standard InChI is InChI=1S/C18H15F2NO3/c1-10-6-13(7-11(2)17(10)24-18(19)20)8-14(9-21)16(22)15-4-5-23-12(15)3/h4-8,18H,1-3H3/b14-8+. The average molecular weight is 331 g/mol. The number of Topliss-reactive ketones (excluding diaryl/α,β-unsaturated/α-hetero) is 1. The molecule has 0 saturated carbocycles. The summed E-state index contributed by atoms with van der Waals surface area (Å²) in [5.74, 6) is 0.0684. The number of carbonyl (C=O) groups is 1. The van der Waals surface area contributed by atoms with Gasteiger partial charge in [-0.15, -0.1) is 0 Å². The van der Waals surface area contributed by atoms with Crippen LogP contribution in [0.3, 0.4) is 0 Å². The smallest absolute Gasteiger partial charge is 0.387 e. The van der Waals surface area contributed by atoms with E-state index in [1.54, 1.807) is 32.9 Å². The number of nitrogens with zero attached hydrogens (tertiary/aromatic N) is 1. The van der Waals surface area contributed by atoms with Crippen molar-refractivity contribution in [2.75, 3.05) is 0 Å². The molecule has 1 aromatic carbocycles. The van der Waals surface area contributed by atoms with Gasteiger partial charge in [0, 0.05) is 0 Å². The first-order chi connectivity index (χ1) is 11.3. The number of rotatable bonds is 5. The fourth-order valence-electron chi connectivity index (χ4n) is 2.42. The van der Waals surface area contributed by atoms with Crippen LogP contribution in [0, 0.1) is 32.1 Å². The maximum absolute atomic E-state index is 12.4. The molecule has 0 saturated heterocycles. The van der Waals surface area contributed by atoms with Gasteiger partial charge >= 0.3 is 6.61 Å². The minimum absolute atomic E-state index is 0.0687. The lowest BCUT2D eigenvalue weighted by Gasteiger charge is -2.12. The molecule has 0 amide bonds. The molecule has 1 aromatic heterocycles. The lowest BCUT2D eigenvalue weighted by Crippen LogP contribution is -2.05. The van der Waals surface area contributed by atoms with Crippen LogP contribution in [0.15, 0.2) is 34.5 Å². The topological polar surface area (TPSA) is 63.2 Å². The lowest BCUT2D eigenvalue weighted by molar-refractivity contribution is -0.0507. The molecule has 0 radical (unpaired) electrons. The summed E-state index contributed by atoms with van der Waals surface area (Å²) in [4.78, 5) is 12.4. The molecule has 0 aliphatic carbocycles. The molecule has 0 bridgehead atoms. The summed E-state index contributed by atoms with van der Waals surface area (Å²) in [6.07, 6.45) is 2.79. The molecule has 0 fully saturated rings. The van der Waals surface area contributed by atoms with Gasteiger partial charge < -0.3 is 9.15 Å². The average Bonchev–Trinajstić information content (AvgIpc) is 2.93. The summed E-state index contributed by atoms with van der Waals surface area (Å²) >= 11 is 0. The fraction of sp³-hybridized carbons (Fsp3) is 0.222. The maximum Gasteiger partial charge on any atom is 0.387 e. The van der Waals surface area contributed by atoms with Crippen molar-refractivity contribution in [3.8, 4) is 11.8 Å². The zero-order valence-corrected chi connectivity index (χ0v) is 13.4. The number of furan rings is 1. The molecule has 6 heteroatoms. The Labute approximate surface area is 138 Å². The van der Waals surface area contributed by atoms with Gasteiger partial charge in [0.25, 0.3) is 0 Å². The van der Waals surface area contributed by atoms with Crippen LogP contribution in [0.4, 0.5) is 8.78 Å². The van der Waals surface area contributed by atoms with Crippen LogP contribution in [-0.2, 0) is 0 Å². The van der Waals surface area contributed by atoms with E-state index in [4.69, 9.17) is 4.42 Å². The van der Waals surface area contributed by atoms with E-state index >= 15 is 0 Å². The summed E-state index contributed by atoms with van der Waals surface area (Å²) < 4.78 is 34.4. The molecule has 0 unspecified atom stereocenters. The van der Waals surface area contributed by atoms with Crippen molar-refractivity contribution in [3.63, 3.8) is 0 Å². The lowest BCUT2D eigenvalue weighted by atomic mass is 10.00. The summed E-state index contributed by atoms with van der Waals surface area (Å²) in [7, 11) is 0. The highest BCUT2D eigenvalue weighted by molar-refractivity contribution is 6.14. The van der Waals surface area contributed by atoms with Gasteiger partial charge in [-0.05, 0) is 61.7 Å². The third-order valence-electron chi connectivity index (χ3n) is 3.47. The second-order valence-corrected chi connectivity index (χ2v) is 5.25. The van der Waals surface area contributed by atoms with Gasteiger partial charge in [-0.3, -0.25) is 4.79 Å². The highest BCUT2D eigenvalue weighted by Gasteiger charge is 2.17. The van der Waals surface area contributed by atoms with Crippen molar-refractivity contribution in [3.05, 3.63) is 58.0 Å². The molecular weight excluding hydrogens is 316 g/mol. The Kier molecular flexibility index (Phi) is 5.14. The second kappa shape index (κ2) is 7.09. The van der Waals surface area contributed by atoms with Crippen molar-refractivity contribution in [2.45, 2.75) is 27.4 Å². The van der Waals surface area contributed by atoms with E-state index in [1.807, 2.05) is 6.07 Å². The Morgan fingerprint density at radius 2 is 1.92 bits per heavy atom. The van der Waals surface area contributed by atoms with Crippen LogP contribution in [-0.4, -0.2) is 12.4 Å². The van der Waals surface area contributed by atoms with Crippen LogP contribution in [0.25, 0.3) is 6.08 Å². The van der Waals surface area contributed by atoms with Crippen molar-refractivity contribution in [1.29, 1.82) is 5.26 Å². The fourth-order valence-corrected chi connectivity index (χ4v) is 2.42. The quantitative estimate of drug-likeness (QED) is 0.456. The molecule has 4 nitrogen and oxygen atoms in total. The predicted molar refractivity (Wildman–Crippen MR) is 83.9 cm³/mol. The van der Waals surface area contributed by atoms with Crippen molar-refractivity contribution in [2.24, 2.45) is 0 Å². The number of hydrogen-bond donors (Lipinski definition) is 0. The Hall–Kier alpha value is -2.94. The molecule has 24 heavy (non-hydrogen) atoms. The number of allylic oxidation sites excluding steroid dienone is 1. The van der Waals surface area contributed by atoms with E-state index in [0.717, 1.165) is 0 Å². The van der Waals surface area contributed by atoms with E-state index in [9.17, 15) is 18.8 Å². The largest absolute Gasteiger partial charge is 0.469 e. The van der Waals surface area contributed by atoms with E-state index < -0.39 is 12.4 Å². The molecule has 2 rings (SSSR count). The first kappa shape index (κ1) is 17.4. The minimum Gasteiger partial charge on any atom is -0.469 e. The summed E-state index contributed by atoms with van der Waals surface area (Å²) in [6.45, 7) is 1.96. The molecule has 2 aromatic rings. The predicted octanol–water partition coefficient (Wildman–Crippen LogP) is 4.60. The van der Waals surface area contributed by atoms with Gasteiger partial charge in [0.1, 0.15) is 23.2 Å². The number of alkyl halides is 2. The zero-order valence-electron chi connectivity index (χ0n) is 13.4. The molecular formula is C18H15F2NO3. The number of nitriles is 1. The number of hydrogen-bond acceptors (Lipinski definition) is 4. The molecule has 0 aliphatic heterocycles. The van der Waals surface area contributed by atoms with Crippen molar-refractivity contribution >= 4 is 11.9 Å². The number of benzene rings is 1. The number of carbonyl (C=O) groups excluding carboxylic acids is 1. The van der Waals surface area contributed by atoms with Gasteiger partial charge in [0.15, 0.2) is 0 Å². The van der Waals surface area contributed by atoms with Crippen LogP contribution < -0.4 is 4.74 Å². The Balaban J connectivity index is 2.40. The van der Waals surface area contributed by atoms with E-state index in [0.29, 0.717) is 28.0 Å².